The number of hydrogen-bond donors (Lipinski definition) is 1. The summed E-state index contributed by atoms with van der Waals surface area (Å²) in [5, 5.41) is 3.39. The number of hydrogen-bond acceptors (Lipinski definition) is 3. The van der Waals surface area contributed by atoms with Crippen LogP contribution in [0.1, 0.15) is 37.6 Å². The van der Waals surface area contributed by atoms with Gasteiger partial charge in [-0.2, -0.15) is 13.2 Å². The van der Waals surface area contributed by atoms with Crippen LogP contribution in [0.2, 0.25) is 5.15 Å². The van der Waals surface area contributed by atoms with Crippen molar-refractivity contribution in [2.75, 3.05) is 11.9 Å². The van der Waals surface area contributed by atoms with Crippen molar-refractivity contribution < 1.29 is 13.2 Å². The Labute approximate surface area is 115 Å². The normalized spacial score (nSPS) is 11.7. The largest absolute Gasteiger partial charge is 0.389 e. The van der Waals surface area contributed by atoms with E-state index in [1.165, 1.54) is 0 Å². The van der Waals surface area contributed by atoms with Gasteiger partial charge in [-0.3, -0.25) is 0 Å². The molecule has 0 aliphatic carbocycles. The number of aromatic nitrogens is 2. The first-order chi connectivity index (χ1) is 8.83. The number of halogens is 4. The molecule has 3 nitrogen and oxygen atoms in total. The quantitative estimate of drug-likeness (QED) is 0.633. The lowest BCUT2D eigenvalue weighted by molar-refractivity contribution is -0.135. The second-order valence-corrected chi connectivity index (χ2v) is 4.61. The van der Waals surface area contributed by atoms with E-state index in [9.17, 15) is 13.2 Å². The molecule has 0 amide bonds. The van der Waals surface area contributed by atoms with Crippen molar-refractivity contribution in [2.24, 2.45) is 0 Å². The smallest absolute Gasteiger partial charge is 0.370 e. The van der Waals surface area contributed by atoms with Gasteiger partial charge in [0.05, 0.1) is 0 Å². The number of alkyl halides is 3. The van der Waals surface area contributed by atoms with Gasteiger partial charge in [-0.25, -0.2) is 9.97 Å². The molecule has 0 saturated carbocycles. The molecule has 0 aromatic carbocycles. The number of unbranched alkanes of at least 4 members (excludes halogenated alkanes) is 1. The number of aryl methyl sites for hydroxylation is 1. The molecule has 0 saturated heterocycles. The Hall–Kier alpha value is -1.04. The summed E-state index contributed by atoms with van der Waals surface area (Å²) in [4.78, 5) is 8.36. The molecule has 1 N–H and O–H groups in total. The fourth-order valence-electron chi connectivity index (χ4n) is 1.52. The van der Waals surface area contributed by atoms with Gasteiger partial charge in [0.1, 0.15) is 16.8 Å². The summed E-state index contributed by atoms with van der Waals surface area (Å²) >= 11 is 5.96. The molecular weight excluding hydrogens is 279 g/mol. The fourth-order valence-corrected chi connectivity index (χ4v) is 1.71. The van der Waals surface area contributed by atoms with E-state index in [-0.39, 0.29) is 6.42 Å². The molecule has 1 aromatic rings. The molecule has 7 heteroatoms. The Morgan fingerprint density at radius 2 is 1.89 bits per heavy atom. The average molecular weight is 296 g/mol. The van der Waals surface area contributed by atoms with E-state index in [1.807, 2.05) is 6.92 Å². The summed E-state index contributed by atoms with van der Waals surface area (Å²) in [5.74, 6) is 1.22. The third kappa shape index (κ3) is 5.63. The van der Waals surface area contributed by atoms with Crippen LogP contribution in [-0.2, 0) is 6.42 Å². The molecule has 0 fully saturated rings. The number of rotatable bonds is 6. The molecule has 0 unspecified atom stereocenters. The minimum Gasteiger partial charge on any atom is -0.370 e. The molecule has 1 rings (SSSR count). The molecule has 0 atom stereocenters. The Bertz CT molecular complexity index is 421. The Kier molecular flexibility index (Phi) is 5.85. The molecule has 0 spiro atoms. The lowest BCUT2D eigenvalue weighted by atomic mass is 10.2. The van der Waals surface area contributed by atoms with Crippen molar-refractivity contribution in [1.82, 2.24) is 9.97 Å². The Morgan fingerprint density at radius 3 is 2.47 bits per heavy atom. The van der Waals surface area contributed by atoms with Crippen LogP contribution in [0.4, 0.5) is 19.0 Å². The molecule has 0 radical (unpaired) electrons. The second kappa shape index (κ2) is 6.93. The first kappa shape index (κ1) is 16.0. The van der Waals surface area contributed by atoms with Gasteiger partial charge in [0.15, 0.2) is 0 Å². The third-order valence-corrected chi connectivity index (χ3v) is 3.00. The van der Waals surface area contributed by atoms with Crippen LogP contribution >= 0.6 is 11.6 Å². The summed E-state index contributed by atoms with van der Waals surface area (Å²) in [7, 11) is 0. The van der Waals surface area contributed by atoms with Crippen LogP contribution in [0, 0.1) is 6.92 Å². The zero-order valence-corrected chi connectivity index (χ0v) is 11.7. The average Bonchev–Trinajstić information content (AvgIpc) is 2.32. The molecule has 0 aliphatic rings. The van der Waals surface area contributed by atoms with Gasteiger partial charge < -0.3 is 5.32 Å². The SMILES string of the molecule is CCc1nc(Cl)c(C)c(NCCCCC(F)(F)F)n1. The number of anilines is 1. The first-order valence-electron chi connectivity index (χ1n) is 6.17. The lowest BCUT2D eigenvalue weighted by Crippen LogP contribution is -2.11. The van der Waals surface area contributed by atoms with E-state index >= 15 is 0 Å². The van der Waals surface area contributed by atoms with Crippen LogP contribution in [0.3, 0.4) is 0 Å². The van der Waals surface area contributed by atoms with Gasteiger partial charge in [0, 0.05) is 24.9 Å². The van der Waals surface area contributed by atoms with Crippen LogP contribution in [0.15, 0.2) is 0 Å². The summed E-state index contributed by atoms with van der Waals surface area (Å²) in [6, 6.07) is 0. The highest BCUT2D eigenvalue weighted by molar-refractivity contribution is 6.30. The van der Waals surface area contributed by atoms with Gasteiger partial charge in [-0.1, -0.05) is 18.5 Å². The van der Waals surface area contributed by atoms with Gasteiger partial charge >= 0.3 is 6.18 Å². The van der Waals surface area contributed by atoms with Crippen molar-refractivity contribution in [3.63, 3.8) is 0 Å². The van der Waals surface area contributed by atoms with Crippen molar-refractivity contribution in [3.8, 4) is 0 Å². The number of nitrogens with one attached hydrogen (secondary N) is 1. The predicted molar refractivity (Wildman–Crippen MR) is 69.6 cm³/mol. The van der Waals surface area contributed by atoms with Crippen molar-refractivity contribution in [1.29, 1.82) is 0 Å². The zero-order valence-electron chi connectivity index (χ0n) is 10.9. The summed E-state index contributed by atoms with van der Waals surface area (Å²) < 4.78 is 35.9. The fraction of sp³-hybridized carbons (Fsp3) is 0.667. The molecule has 108 valence electrons. The highest BCUT2D eigenvalue weighted by Gasteiger charge is 2.25. The van der Waals surface area contributed by atoms with E-state index < -0.39 is 12.6 Å². The van der Waals surface area contributed by atoms with E-state index in [0.717, 1.165) is 5.56 Å². The molecular formula is C12H17ClF3N3. The van der Waals surface area contributed by atoms with E-state index in [1.54, 1.807) is 6.92 Å². The van der Waals surface area contributed by atoms with Gasteiger partial charge in [0.2, 0.25) is 0 Å². The van der Waals surface area contributed by atoms with Crippen LogP contribution in [0.5, 0.6) is 0 Å². The van der Waals surface area contributed by atoms with Crippen molar-refractivity contribution >= 4 is 17.4 Å². The van der Waals surface area contributed by atoms with E-state index in [4.69, 9.17) is 11.6 Å². The molecule has 0 bridgehead atoms. The van der Waals surface area contributed by atoms with Crippen LogP contribution in [-0.4, -0.2) is 22.7 Å². The highest BCUT2D eigenvalue weighted by atomic mass is 35.5. The maximum Gasteiger partial charge on any atom is 0.389 e. The molecule has 1 aromatic heterocycles. The predicted octanol–water partition coefficient (Wildman–Crippen LogP) is 4.15. The maximum atomic E-state index is 12.0. The van der Waals surface area contributed by atoms with Crippen LogP contribution < -0.4 is 5.32 Å². The second-order valence-electron chi connectivity index (χ2n) is 4.26. The maximum absolute atomic E-state index is 12.0. The summed E-state index contributed by atoms with van der Waals surface area (Å²) in [5.41, 5.74) is 0.717. The van der Waals surface area contributed by atoms with Gasteiger partial charge in [0.25, 0.3) is 0 Å². The van der Waals surface area contributed by atoms with Crippen LogP contribution in [0.25, 0.3) is 0 Å². The zero-order chi connectivity index (χ0) is 14.5. The third-order valence-electron chi connectivity index (χ3n) is 2.63. The summed E-state index contributed by atoms with van der Waals surface area (Å²) in [6.45, 7) is 4.13. The molecule has 0 aliphatic heterocycles. The van der Waals surface area contributed by atoms with Crippen molar-refractivity contribution in [3.05, 3.63) is 16.5 Å². The van der Waals surface area contributed by atoms with Gasteiger partial charge in [-0.05, 0) is 19.8 Å². The standard InChI is InChI=1S/C12H17ClF3N3/c1-3-9-18-10(13)8(2)11(19-9)17-7-5-4-6-12(14,15)16/h3-7H2,1-2H3,(H,17,18,19). The Balaban J connectivity index is 2.47. The van der Waals surface area contributed by atoms with Gasteiger partial charge in [-0.15, -0.1) is 0 Å². The monoisotopic (exact) mass is 295 g/mol. The highest BCUT2D eigenvalue weighted by Crippen LogP contribution is 2.23. The first-order valence-corrected chi connectivity index (χ1v) is 6.55. The van der Waals surface area contributed by atoms with E-state index in [2.05, 4.69) is 15.3 Å². The number of nitrogens with zero attached hydrogens (tertiary/aromatic N) is 2. The van der Waals surface area contributed by atoms with E-state index in [0.29, 0.717) is 36.2 Å². The molecule has 1 heterocycles. The lowest BCUT2D eigenvalue weighted by Gasteiger charge is -2.11. The summed E-state index contributed by atoms with van der Waals surface area (Å²) in [6.07, 6.45) is -3.64. The van der Waals surface area contributed by atoms with Crippen molar-refractivity contribution in [2.45, 2.75) is 45.7 Å². The minimum absolute atomic E-state index is 0.106. The molecule has 19 heavy (non-hydrogen) atoms. The topological polar surface area (TPSA) is 37.8 Å². The minimum atomic E-state index is -4.08. The Morgan fingerprint density at radius 1 is 1.21 bits per heavy atom.